The van der Waals surface area contributed by atoms with Crippen molar-refractivity contribution < 1.29 is 9.84 Å². The van der Waals surface area contributed by atoms with Crippen molar-refractivity contribution in [1.29, 1.82) is 0 Å². The van der Waals surface area contributed by atoms with E-state index in [1.165, 1.54) is 7.11 Å². The molecule has 3 nitrogen and oxygen atoms in total. The van der Waals surface area contributed by atoms with Gasteiger partial charge in [-0.1, -0.05) is 12.1 Å². The summed E-state index contributed by atoms with van der Waals surface area (Å²) in [5.41, 5.74) is 7.34. The van der Waals surface area contributed by atoms with Crippen LogP contribution in [0.1, 0.15) is 24.1 Å². The van der Waals surface area contributed by atoms with Gasteiger partial charge in [-0.3, -0.25) is 0 Å². The lowest BCUT2D eigenvalue weighted by molar-refractivity contribution is 0.365. The Bertz CT molecular complexity index is 308. The topological polar surface area (TPSA) is 55.5 Å². The van der Waals surface area contributed by atoms with Crippen LogP contribution in [0.25, 0.3) is 0 Å². The van der Waals surface area contributed by atoms with Crippen LogP contribution >= 0.6 is 0 Å². The largest absolute Gasteiger partial charge is 0.504 e. The molecule has 0 saturated heterocycles. The lowest BCUT2D eigenvalue weighted by Crippen LogP contribution is -2.07. The summed E-state index contributed by atoms with van der Waals surface area (Å²) < 4.78 is 5.09. The Labute approximate surface area is 78.1 Å². The quantitative estimate of drug-likeness (QED) is 0.730. The molecule has 1 aromatic rings. The Morgan fingerprint density at radius 1 is 1.46 bits per heavy atom. The van der Waals surface area contributed by atoms with Crippen LogP contribution in [0.4, 0.5) is 0 Å². The average molecular weight is 181 g/mol. The smallest absolute Gasteiger partial charge is 0.165 e. The zero-order chi connectivity index (χ0) is 10.0. The number of ether oxygens (including phenoxy) is 1. The number of phenolic OH excluding ortho intramolecular Hbond substituents is 1. The molecular formula is C10H15NO2. The molecule has 0 heterocycles. The minimum Gasteiger partial charge on any atom is -0.504 e. The summed E-state index contributed by atoms with van der Waals surface area (Å²) >= 11 is 0. The van der Waals surface area contributed by atoms with Gasteiger partial charge in [0, 0.05) is 11.6 Å². The zero-order valence-electron chi connectivity index (χ0n) is 8.16. The van der Waals surface area contributed by atoms with Crippen molar-refractivity contribution in [2.24, 2.45) is 5.73 Å². The fourth-order valence-electron chi connectivity index (χ4n) is 1.26. The number of aromatic hydroxyl groups is 1. The Morgan fingerprint density at radius 2 is 2.08 bits per heavy atom. The molecule has 0 amide bonds. The van der Waals surface area contributed by atoms with E-state index in [1.54, 1.807) is 0 Å². The molecule has 1 aromatic carbocycles. The highest BCUT2D eigenvalue weighted by atomic mass is 16.5. The summed E-state index contributed by atoms with van der Waals surface area (Å²) in [6.45, 7) is 3.68. The Kier molecular flexibility index (Phi) is 2.78. The van der Waals surface area contributed by atoms with E-state index >= 15 is 0 Å². The van der Waals surface area contributed by atoms with Gasteiger partial charge in [-0.2, -0.15) is 0 Å². The first kappa shape index (κ1) is 9.86. The van der Waals surface area contributed by atoms with E-state index in [1.807, 2.05) is 26.0 Å². The molecule has 13 heavy (non-hydrogen) atoms. The zero-order valence-corrected chi connectivity index (χ0v) is 8.16. The van der Waals surface area contributed by atoms with E-state index in [-0.39, 0.29) is 11.8 Å². The van der Waals surface area contributed by atoms with Crippen LogP contribution in [0.3, 0.4) is 0 Å². The van der Waals surface area contributed by atoms with E-state index in [4.69, 9.17) is 10.5 Å². The molecule has 0 bridgehead atoms. The monoisotopic (exact) mass is 181 g/mol. The molecule has 1 rings (SSSR count). The van der Waals surface area contributed by atoms with Crippen LogP contribution in [0.5, 0.6) is 11.5 Å². The highest BCUT2D eigenvalue weighted by Gasteiger charge is 2.13. The van der Waals surface area contributed by atoms with Crippen LogP contribution < -0.4 is 10.5 Å². The molecule has 0 radical (unpaired) electrons. The van der Waals surface area contributed by atoms with Crippen molar-refractivity contribution >= 4 is 0 Å². The average Bonchev–Trinajstić information content (AvgIpc) is 2.09. The summed E-state index contributed by atoms with van der Waals surface area (Å²) in [5.74, 6) is 0.660. The van der Waals surface area contributed by atoms with Crippen LogP contribution in [0.2, 0.25) is 0 Å². The Hall–Kier alpha value is -1.22. The maximum atomic E-state index is 9.65. The standard InChI is InChI=1S/C10H15NO2/c1-6-4-5-8(7(2)11)10(13-3)9(6)12/h4-5,7,12H,11H2,1-3H3. The molecule has 0 aliphatic carbocycles. The lowest BCUT2D eigenvalue weighted by Gasteiger charge is -2.14. The molecule has 1 atom stereocenters. The second kappa shape index (κ2) is 3.66. The summed E-state index contributed by atoms with van der Waals surface area (Å²) in [6.07, 6.45) is 0. The summed E-state index contributed by atoms with van der Waals surface area (Å²) in [4.78, 5) is 0. The van der Waals surface area contributed by atoms with Crippen LogP contribution in [0, 0.1) is 6.92 Å². The predicted octanol–water partition coefficient (Wildman–Crippen LogP) is 1.73. The summed E-state index contributed by atoms with van der Waals surface area (Å²) in [5, 5.41) is 9.65. The molecule has 0 spiro atoms. The SMILES string of the molecule is COc1c(C(C)N)ccc(C)c1O. The lowest BCUT2D eigenvalue weighted by atomic mass is 10.0. The first-order valence-corrected chi connectivity index (χ1v) is 4.20. The molecule has 0 aliphatic heterocycles. The third-order valence-corrected chi connectivity index (χ3v) is 2.06. The van der Waals surface area contributed by atoms with Gasteiger partial charge in [-0.15, -0.1) is 0 Å². The second-order valence-electron chi connectivity index (χ2n) is 3.14. The predicted molar refractivity (Wildman–Crippen MR) is 52.0 cm³/mol. The van der Waals surface area contributed by atoms with Crippen LogP contribution in [0.15, 0.2) is 12.1 Å². The number of methoxy groups -OCH3 is 1. The van der Waals surface area contributed by atoms with Crippen molar-refractivity contribution in [2.75, 3.05) is 7.11 Å². The van der Waals surface area contributed by atoms with Crippen molar-refractivity contribution in [3.8, 4) is 11.5 Å². The minimum absolute atomic E-state index is 0.138. The second-order valence-corrected chi connectivity index (χ2v) is 3.14. The first-order valence-electron chi connectivity index (χ1n) is 4.20. The Balaban J connectivity index is 3.30. The van der Waals surface area contributed by atoms with E-state index in [2.05, 4.69) is 0 Å². The number of rotatable bonds is 2. The fraction of sp³-hybridized carbons (Fsp3) is 0.400. The van der Waals surface area contributed by atoms with Gasteiger partial charge >= 0.3 is 0 Å². The number of phenols is 1. The molecule has 1 unspecified atom stereocenters. The fourth-order valence-corrected chi connectivity index (χ4v) is 1.26. The number of nitrogens with two attached hydrogens (primary N) is 1. The highest BCUT2D eigenvalue weighted by Crippen LogP contribution is 2.35. The van der Waals surface area contributed by atoms with Gasteiger partial charge in [0.1, 0.15) is 0 Å². The molecule has 3 heteroatoms. The van der Waals surface area contributed by atoms with Crippen molar-refractivity contribution in [3.05, 3.63) is 23.3 Å². The van der Waals surface area contributed by atoms with Gasteiger partial charge in [-0.25, -0.2) is 0 Å². The van der Waals surface area contributed by atoms with E-state index < -0.39 is 0 Å². The van der Waals surface area contributed by atoms with E-state index in [0.717, 1.165) is 11.1 Å². The molecule has 0 saturated carbocycles. The third kappa shape index (κ3) is 1.75. The number of hydrogen-bond donors (Lipinski definition) is 2. The van der Waals surface area contributed by atoms with Gasteiger partial charge in [0.25, 0.3) is 0 Å². The highest BCUT2D eigenvalue weighted by molar-refractivity contribution is 5.51. The van der Waals surface area contributed by atoms with Gasteiger partial charge in [0.05, 0.1) is 7.11 Å². The minimum atomic E-state index is -0.138. The molecule has 3 N–H and O–H groups in total. The van der Waals surface area contributed by atoms with Gasteiger partial charge < -0.3 is 15.6 Å². The van der Waals surface area contributed by atoms with E-state index in [9.17, 15) is 5.11 Å². The van der Waals surface area contributed by atoms with E-state index in [0.29, 0.717) is 5.75 Å². The van der Waals surface area contributed by atoms with Crippen molar-refractivity contribution in [3.63, 3.8) is 0 Å². The third-order valence-electron chi connectivity index (χ3n) is 2.06. The molecular weight excluding hydrogens is 166 g/mol. The number of aryl methyl sites for hydroxylation is 1. The maximum Gasteiger partial charge on any atom is 0.165 e. The van der Waals surface area contributed by atoms with Gasteiger partial charge in [0.15, 0.2) is 11.5 Å². The molecule has 0 aromatic heterocycles. The van der Waals surface area contributed by atoms with Gasteiger partial charge in [0.2, 0.25) is 0 Å². The number of benzene rings is 1. The van der Waals surface area contributed by atoms with Crippen molar-refractivity contribution in [1.82, 2.24) is 0 Å². The summed E-state index contributed by atoms with van der Waals surface area (Å²) in [6, 6.07) is 3.57. The number of hydrogen-bond acceptors (Lipinski definition) is 3. The molecule has 72 valence electrons. The van der Waals surface area contributed by atoms with Crippen molar-refractivity contribution in [2.45, 2.75) is 19.9 Å². The molecule has 0 aliphatic rings. The van der Waals surface area contributed by atoms with Gasteiger partial charge in [-0.05, 0) is 19.4 Å². The van der Waals surface area contributed by atoms with Crippen LogP contribution in [-0.2, 0) is 0 Å². The van der Waals surface area contributed by atoms with Crippen LogP contribution in [-0.4, -0.2) is 12.2 Å². The summed E-state index contributed by atoms with van der Waals surface area (Å²) in [7, 11) is 1.53. The maximum absolute atomic E-state index is 9.65. The normalized spacial score (nSPS) is 12.6. The Morgan fingerprint density at radius 3 is 2.54 bits per heavy atom. The first-order chi connectivity index (χ1) is 6.07. The molecule has 0 fully saturated rings.